The molecule has 0 saturated carbocycles. The lowest BCUT2D eigenvalue weighted by molar-refractivity contribution is 0.0661. The van der Waals surface area contributed by atoms with Crippen LogP contribution in [-0.2, 0) is 10.0 Å². The van der Waals surface area contributed by atoms with Crippen molar-refractivity contribution in [1.82, 2.24) is 0 Å². The summed E-state index contributed by atoms with van der Waals surface area (Å²) >= 11 is 0. The van der Waals surface area contributed by atoms with Crippen LogP contribution in [0.15, 0.2) is 39.6 Å². The van der Waals surface area contributed by atoms with E-state index < -0.39 is 21.8 Å². The molecule has 0 bridgehead atoms. The van der Waals surface area contributed by atoms with Gasteiger partial charge in [-0.25, -0.2) is 13.2 Å². The lowest BCUT2D eigenvalue weighted by Crippen LogP contribution is -2.38. The molecule has 0 unspecified atom stereocenters. The van der Waals surface area contributed by atoms with Crippen LogP contribution in [0.2, 0.25) is 0 Å². The highest BCUT2D eigenvalue weighted by molar-refractivity contribution is 7.92. The van der Waals surface area contributed by atoms with Crippen molar-refractivity contribution >= 4 is 21.7 Å². The first kappa shape index (κ1) is 14.5. The fourth-order valence-corrected chi connectivity index (χ4v) is 3.96. The topological polar surface area (TPSA) is 97.0 Å². The van der Waals surface area contributed by atoms with Crippen molar-refractivity contribution in [3.05, 3.63) is 41.9 Å². The Morgan fingerprint density at radius 2 is 2.05 bits per heavy atom. The van der Waals surface area contributed by atoms with E-state index in [0.29, 0.717) is 11.4 Å². The van der Waals surface area contributed by atoms with Gasteiger partial charge in [0.1, 0.15) is 23.0 Å². The van der Waals surface area contributed by atoms with E-state index in [2.05, 4.69) is 0 Å². The fourth-order valence-electron chi connectivity index (χ4n) is 2.34. The molecule has 0 fully saturated rings. The molecule has 1 aromatic carbocycles. The number of carbonyl (C=O) groups is 1. The minimum Gasteiger partial charge on any atom is -0.489 e. The Hall–Kier alpha value is -2.48. The zero-order chi connectivity index (χ0) is 15.9. The number of hydrogen-bond acceptors (Lipinski definition) is 5. The number of aryl methyl sites for hydroxylation is 1. The van der Waals surface area contributed by atoms with Gasteiger partial charge < -0.3 is 14.3 Å². The van der Waals surface area contributed by atoms with Gasteiger partial charge in [-0.15, -0.1) is 0 Å². The molecule has 1 aliphatic heterocycles. The standard InChI is InChI=1S/C14H13NO6S/c1-9-13(8-12(21-9)14(16)17)22(18,19)15-6-7-20-11-5-3-2-4-10(11)15/h2-5,8H,6-7H2,1H3,(H,16,17). The van der Waals surface area contributed by atoms with Crippen LogP contribution in [0, 0.1) is 6.92 Å². The largest absolute Gasteiger partial charge is 0.489 e. The van der Waals surface area contributed by atoms with Gasteiger partial charge in [0, 0.05) is 6.07 Å². The molecule has 2 aromatic rings. The predicted octanol–water partition coefficient (Wildman–Crippen LogP) is 1.87. The van der Waals surface area contributed by atoms with E-state index in [9.17, 15) is 13.2 Å². The average molecular weight is 323 g/mol. The van der Waals surface area contributed by atoms with Gasteiger partial charge in [-0.1, -0.05) is 12.1 Å². The second-order valence-corrected chi connectivity index (χ2v) is 6.56. The Morgan fingerprint density at radius 1 is 1.32 bits per heavy atom. The van der Waals surface area contributed by atoms with Gasteiger partial charge in [0.25, 0.3) is 10.0 Å². The molecular formula is C14H13NO6S. The highest BCUT2D eigenvalue weighted by Crippen LogP contribution is 2.36. The van der Waals surface area contributed by atoms with Crippen LogP contribution in [0.4, 0.5) is 5.69 Å². The van der Waals surface area contributed by atoms with Gasteiger partial charge in [0.2, 0.25) is 5.76 Å². The summed E-state index contributed by atoms with van der Waals surface area (Å²) in [5, 5.41) is 8.93. The van der Waals surface area contributed by atoms with E-state index in [4.69, 9.17) is 14.3 Å². The molecule has 0 amide bonds. The number of ether oxygens (including phenoxy) is 1. The van der Waals surface area contributed by atoms with Crippen molar-refractivity contribution in [1.29, 1.82) is 0 Å². The Bertz CT molecular complexity index is 839. The third kappa shape index (κ3) is 2.21. The molecule has 1 N–H and O–H groups in total. The molecule has 0 saturated heterocycles. The summed E-state index contributed by atoms with van der Waals surface area (Å²) in [5.41, 5.74) is 0.422. The predicted molar refractivity (Wildman–Crippen MR) is 76.9 cm³/mol. The number of benzene rings is 1. The molecule has 1 aliphatic rings. The number of carboxylic acids is 1. The minimum atomic E-state index is -3.92. The van der Waals surface area contributed by atoms with Gasteiger partial charge in [0.15, 0.2) is 0 Å². The monoisotopic (exact) mass is 323 g/mol. The molecule has 1 aromatic heterocycles. The first-order valence-electron chi connectivity index (χ1n) is 6.49. The first-order chi connectivity index (χ1) is 10.4. The molecule has 0 aliphatic carbocycles. The maximum atomic E-state index is 12.8. The Morgan fingerprint density at radius 3 is 2.73 bits per heavy atom. The molecule has 3 rings (SSSR count). The lowest BCUT2D eigenvalue weighted by Gasteiger charge is -2.30. The van der Waals surface area contributed by atoms with Crippen molar-refractivity contribution < 1.29 is 27.5 Å². The van der Waals surface area contributed by atoms with Gasteiger partial charge >= 0.3 is 5.97 Å². The third-order valence-electron chi connectivity index (χ3n) is 3.34. The molecule has 7 nitrogen and oxygen atoms in total. The van der Waals surface area contributed by atoms with E-state index >= 15 is 0 Å². The summed E-state index contributed by atoms with van der Waals surface area (Å²) in [6, 6.07) is 7.81. The van der Waals surface area contributed by atoms with E-state index in [1.54, 1.807) is 24.3 Å². The van der Waals surface area contributed by atoms with E-state index in [1.807, 2.05) is 0 Å². The number of furan rings is 1. The SMILES string of the molecule is Cc1oc(C(=O)O)cc1S(=O)(=O)N1CCOc2ccccc21. The molecule has 116 valence electrons. The van der Waals surface area contributed by atoms with Crippen LogP contribution in [0.1, 0.15) is 16.3 Å². The average Bonchev–Trinajstić information content (AvgIpc) is 2.89. The number of fused-ring (bicyclic) bond motifs is 1. The summed E-state index contributed by atoms with van der Waals surface area (Å²) < 4.78 is 37.3. The number of sulfonamides is 1. The van der Waals surface area contributed by atoms with Crippen molar-refractivity contribution in [3.63, 3.8) is 0 Å². The van der Waals surface area contributed by atoms with Gasteiger partial charge in [0.05, 0.1) is 12.2 Å². The van der Waals surface area contributed by atoms with Crippen LogP contribution in [0.25, 0.3) is 0 Å². The summed E-state index contributed by atoms with van der Waals surface area (Å²) in [5.74, 6) is -1.21. The van der Waals surface area contributed by atoms with E-state index in [1.165, 1.54) is 11.2 Å². The summed E-state index contributed by atoms with van der Waals surface area (Å²) in [4.78, 5) is 10.8. The van der Waals surface area contributed by atoms with Crippen molar-refractivity contribution in [2.24, 2.45) is 0 Å². The summed E-state index contributed by atoms with van der Waals surface area (Å²) in [6.45, 7) is 1.79. The number of hydrogen-bond donors (Lipinski definition) is 1. The number of carboxylic acid groups (broad SMARTS) is 1. The van der Waals surface area contributed by atoms with Gasteiger partial charge in [-0.3, -0.25) is 4.31 Å². The summed E-state index contributed by atoms with van der Waals surface area (Å²) in [6.07, 6.45) is 0. The van der Waals surface area contributed by atoms with Crippen molar-refractivity contribution in [3.8, 4) is 5.75 Å². The highest BCUT2D eigenvalue weighted by atomic mass is 32.2. The van der Waals surface area contributed by atoms with Gasteiger partial charge in [-0.05, 0) is 19.1 Å². The quantitative estimate of drug-likeness (QED) is 0.926. The molecule has 0 spiro atoms. The van der Waals surface area contributed by atoms with Crippen LogP contribution >= 0.6 is 0 Å². The second kappa shape index (κ2) is 5.06. The number of anilines is 1. The number of para-hydroxylation sites is 2. The zero-order valence-corrected chi connectivity index (χ0v) is 12.5. The Balaban J connectivity index is 2.10. The molecule has 22 heavy (non-hydrogen) atoms. The minimum absolute atomic E-state index is 0.0429. The number of aromatic carboxylic acids is 1. The molecule has 0 atom stereocenters. The molecule has 2 heterocycles. The summed E-state index contributed by atoms with van der Waals surface area (Å²) in [7, 11) is -3.92. The Labute approximate surface area is 126 Å². The molecule has 0 radical (unpaired) electrons. The first-order valence-corrected chi connectivity index (χ1v) is 7.93. The van der Waals surface area contributed by atoms with Crippen molar-refractivity contribution in [2.75, 3.05) is 17.5 Å². The smallest absolute Gasteiger partial charge is 0.371 e. The zero-order valence-electron chi connectivity index (χ0n) is 11.6. The van der Waals surface area contributed by atoms with Crippen LogP contribution < -0.4 is 9.04 Å². The maximum absolute atomic E-state index is 12.8. The van der Waals surface area contributed by atoms with Crippen LogP contribution in [0.5, 0.6) is 5.75 Å². The molecular weight excluding hydrogens is 310 g/mol. The third-order valence-corrected chi connectivity index (χ3v) is 5.26. The fraction of sp³-hybridized carbons (Fsp3) is 0.214. The maximum Gasteiger partial charge on any atom is 0.371 e. The molecule has 8 heteroatoms. The van der Waals surface area contributed by atoms with Crippen LogP contribution in [0.3, 0.4) is 0 Å². The number of nitrogens with zero attached hydrogens (tertiary/aromatic N) is 1. The number of rotatable bonds is 3. The second-order valence-electron chi connectivity index (χ2n) is 4.73. The Kier molecular flexibility index (Phi) is 3.32. The highest BCUT2D eigenvalue weighted by Gasteiger charge is 2.33. The van der Waals surface area contributed by atoms with E-state index in [-0.39, 0.29) is 23.8 Å². The van der Waals surface area contributed by atoms with Crippen molar-refractivity contribution in [2.45, 2.75) is 11.8 Å². The van der Waals surface area contributed by atoms with E-state index in [0.717, 1.165) is 6.07 Å². The van der Waals surface area contributed by atoms with Crippen LogP contribution in [-0.4, -0.2) is 32.6 Å². The normalized spacial score (nSPS) is 14.3. The lowest BCUT2D eigenvalue weighted by atomic mass is 10.2. The van der Waals surface area contributed by atoms with Gasteiger partial charge in [-0.2, -0.15) is 0 Å².